The summed E-state index contributed by atoms with van der Waals surface area (Å²) < 4.78 is 7.42. The van der Waals surface area contributed by atoms with Crippen LogP contribution in [0.2, 0.25) is 0 Å². The lowest BCUT2D eigenvalue weighted by atomic mass is 10.2. The van der Waals surface area contributed by atoms with Gasteiger partial charge in [0.2, 0.25) is 0 Å². The summed E-state index contributed by atoms with van der Waals surface area (Å²) in [5.41, 5.74) is 1.22. The number of fused-ring (bicyclic) bond motifs is 1. The predicted octanol–water partition coefficient (Wildman–Crippen LogP) is 3.42. The number of aromatic nitrogens is 2. The molecule has 0 spiro atoms. The Bertz CT molecular complexity index is 788. The molecule has 0 saturated carbocycles. The first-order valence-corrected chi connectivity index (χ1v) is 8.22. The summed E-state index contributed by atoms with van der Waals surface area (Å²) in [5.74, 6) is 0.383. The third-order valence-corrected chi connectivity index (χ3v) is 4.09. The molecule has 1 amide bonds. The number of Topliss-reactive ketones (excluding diaryl/α,β-unsaturated/α-hetero) is 1. The second-order valence-corrected chi connectivity index (χ2v) is 7.22. The molecule has 1 aromatic carbocycles. The van der Waals surface area contributed by atoms with Crippen LogP contribution in [-0.4, -0.2) is 45.0 Å². The smallest absolute Gasteiger partial charge is 0.410 e. The summed E-state index contributed by atoms with van der Waals surface area (Å²) in [6, 6.07) is 7.74. The van der Waals surface area contributed by atoms with E-state index in [1.807, 2.05) is 49.6 Å². The van der Waals surface area contributed by atoms with Gasteiger partial charge in [0.1, 0.15) is 5.60 Å². The average molecular weight is 329 g/mol. The number of benzene rings is 1. The number of imidazole rings is 1. The van der Waals surface area contributed by atoms with Crippen LogP contribution in [-0.2, 0) is 4.74 Å². The molecule has 1 fully saturated rings. The highest BCUT2D eigenvalue weighted by molar-refractivity contribution is 5.94. The summed E-state index contributed by atoms with van der Waals surface area (Å²) in [4.78, 5) is 30.4. The predicted molar refractivity (Wildman–Crippen MR) is 91.2 cm³/mol. The Kier molecular flexibility index (Phi) is 4.07. The number of carbonyl (C=O) groups excluding carboxylic acids is 2. The van der Waals surface area contributed by atoms with Gasteiger partial charge >= 0.3 is 6.09 Å². The lowest BCUT2D eigenvalue weighted by Crippen LogP contribution is -2.35. The molecule has 24 heavy (non-hydrogen) atoms. The second-order valence-electron chi connectivity index (χ2n) is 7.22. The Morgan fingerprint density at radius 1 is 1.25 bits per heavy atom. The van der Waals surface area contributed by atoms with Crippen LogP contribution in [0.3, 0.4) is 0 Å². The molecule has 0 bridgehead atoms. The lowest BCUT2D eigenvalue weighted by molar-refractivity contribution is 0.0289. The molecule has 6 heteroatoms. The third-order valence-electron chi connectivity index (χ3n) is 4.09. The first kappa shape index (κ1) is 16.5. The van der Waals surface area contributed by atoms with Crippen molar-refractivity contribution in [2.45, 2.75) is 45.8 Å². The topological polar surface area (TPSA) is 64.4 Å². The van der Waals surface area contributed by atoms with Gasteiger partial charge in [-0.25, -0.2) is 9.78 Å². The number of amides is 1. The first-order valence-electron chi connectivity index (χ1n) is 8.22. The molecular weight excluding hydrogens is 306 g/mol. The average Bonchev–Trinajstić information content (AvgIpc) is 3.09. The van der Waals surface area contributed by atoms with Crippen LogP contribution >= 0.6 is 0 Å². The molecule has 0 unspecified atom stereocenters. The fraction of sp³-hybridized carbons (Fsp3) is 0.500. The number of likely N-dealkylation sites (tertiary alicyclic amines) is 1. The first-order chi connectivity index (χ1) is 11.3. The highest BCUT2D eigenvalue weighted by atomic mass is 16.6. The summed E-state index contributed by atoms with van der Waals surface area (Å²) in [5, 5.41) is 0. The fourth-order valence-corrected chi connectivity index (χ4v) is 3.11. The van der Waals surface area contributed by atoms with E-state index in [0.717, 1.165) is 17.5 Å². The van der Waals surface area contributed by atoms with Gasteiger partial charge in [0, 0.05) is 20.0 Å². The van der Waals surface area contributed by atoms with Crippen LogP contribution in [0.1, 0.15) is 50.8 Å². The Balaban J connectivity index is 1.88. The van der Waals surface area contributed by atoms with E-state index < -0.39 is 5.60 Å². The number of ether oxygens (including phenoxy) is 1. The maximum atomic E-state index is 12.3. The van der Waals surface area contributed by atoms with Crippen LogP contribution in [0.5, 0.6) is 0 Å². The van der Waals surface area contributed by atoms with Gasteiger partial charge in [-0.15, -0.1) is 0 Å². The fourth-order valence-electron chi connectivity index (χ4n) is 3.11. The molecule has 2 heterocycles. The van der Waals surface area contributed by atoms with Crippen molar-refractivity contribution in [2.24, 2.45) is 0 Å². The molecule has 128 valence electrons. The Morgan fingerprint density at radius 2 is 1.96 bits per heavy atom. The van der Waals surface area contributed by atoms with Gasteiger partial charge in [-0.2, -0.15) is 0 Å². The molecule has 3 rings (SSSR count). The van der Waals surface area contributed by atoms with E-state index in [1.165, 1.54) is 6.92 Å². The number of para-hydroxylation sites is 2. The lowest BCUT2D eigenvalue weighted by Gasteiger charge is -2.24. The zero-order valence-corrected chi connectivity index (χ0v) is 14.6. The zero-order valence-electron chi connectivity index (χ0n) is 14.6. The minimum Gasteiger partial charge on any atom is -0.444 e. The van der Waals surface area contributed by atoms with Crippen LogP contribution in [0.15, 0.2) is 24.3 Å². The van der Waals surface area contributed by atoms with Gasteiger partial charge in [-0.1, -0.05) is 12.1 Å². The number of hydrogen-bond donors (Lipinski definition) is 0. The van der Waals surface area contributed by atoms with Crippen LogP contribution in [0.4, 0.5) is 4.79 Å². The maximum Gasteiger partial charge on any atom is 0.410 e. The monoisotopic (exact) mass is 329 g/mol. The molecule has 0 radical (unpaired) electrons. The number of carbonyl (C=O) groups is 2. The molecule has 1 atom stereocenters. The second kappa shape index (κ2) is 5.92. The summed E-state index contributed by atoms with van der Waals surface area (Å²) in [7, 11) is 0. The SMILES string of the molecule is CC(=O)c1nc2ccccc2n1[C@H]1CCN(C(=O)OC(C)(C)C)C1. The van der Waals surface area contributed by atoms with Crippen molar-refractivity contribution in [1.29, 1.82) is 0 Å². The van der Waals surface area contributed by atoms with Crippen molar-refractivity contribution >= 4 is 22.9 Å². The molecule has 1 aliphatic rings. The zero-order chi connectivity index (χ0) is 17.5. The molecule has 2 aromatic rings. The van der Waals surface area contributed by atoms with Crippen molar-refractivity contribution in [2.75, 3.05) is 13.1 Å². The number of nitrogens with zero attached hydrogens (tertiary/aromatic N) is 3. The molecule has 6 nitrogen and oxygen atoms in total. The number of ketones is 1. The van der Waals surface area contributed by atoms with E-state index in [4.69, 9.17) is 4.74 Å². The van der Waals surface area contributed by atoms with Gasteiger partial charge in [0.25, 0.3) is 0 Å². The molecule has 1 aliphatic heterocycles. The minimum absolute atomic E-state index is 0.0313. The Hall–Kier alpha value is -2.37. The Labute approximate surface area is 141 Å². The van der Waals surface area contributed by atoms with E-state index in [2.05, 4.69) is 4.98 Å². The molecule has 1 aromatic heterocycles. The largest absolute Gasteiger partial charge is 0.444 e. The van der Waals surface area contributed by atoms with Gasteiger partial charge in [0.15, 0.2) is 11.6 Å². The van der Waals surface area contributed by atoms with E-state index in [0.29, 0.717) is 18.9 Å². The van der Waals surface area contributed by atoms with E-state index in [-0.39, 0.29) is 17.9 Å². The van der Waals surface area contributed by atoms with E-state index >= 15 is 0 Å². The molecule has 1 saturated heterocycles. The van der Waals surface area contributed by atoms with Crippen molar-refractivity contribution in [3.63, 3.8) is 0 Å². The minimum atomic E-state index is -0.512. The van der Waals surface area contributed by atoms with Crippen molar-refractivity contribution < 1.29 is 14.3 Å². The van der Waals surface area contributed by atoms with Crippen molar-refractivity contribution in [3.8, 4) is 0 Å². The molecule has 0 N–H and O–H groups in total. The number of rotatable bonds is 2. The van der Waals surface area contributed by atoms with Gasteiger partial charge in [0.05, 0.1) is 17.1 Å². The van der Waals surface area contributed by atoms with Crippen molar-refractivity contribution in [1.82, 2.24) is 14.5 Å². The molecule has 0 aliphatic carbocycles. The van der Waals surface area contributed by atoms with Crippen LogP contribution in [0.25, 0.3) is 11.0 Å². The standard InChI is InChI=1S/C18H23N3O3/c1-12(22)16-19-14-7-5-6-8-15(14)21(16)13-9-10-20(11-13)17(23)24-18(2,3)4/h5-8,13H,9-11H2,1-4H3/t13-/m0/s1. The van der Waals surface area contributed by atoms with Crippen LogP contribution in [0, 0.1) is 0 Å². The van der Waals surface area contributed by atoms with E-state index in [1.54, 1.807) is 4.90 Å². The molecular formula is C18H23N3O3. The summed E-state index contributed by atoms with van der Waals surface area (Å²) in [6.07, 6.45) is 0.471. The van der Waals surface area contributed by atoms with Gasteiger partial charge in [-0.3, -0.25) is 4.79 Å². The summed E-state index contributed by atoms with van der Waals surface area (Å²) >= 11 is 0. The van der Waals surface area contributed by atoms with Crippen LogP contribution < -0.4 is 0 Å². The van der Waals surface area contributed by atoms with E-state index in [9.17, 15) is 9.59 Å². The normalized spacial score (nSPS) is 18.2. The third kappa shape index (κ3) is 3.13. The quantitative estimate of drug-likeness (QED) is 0.792. The summed E-state index contributed by atoms with van der Waals surface area (Å²) in [6.45, 7) is 8.23. The maximum absolute atomic E-state index is 12.3. The highest BCUT2D eigenvalue weighted by Crippen LogP contribution is 2.29. The van der Waals surface area contributed by atoms with Gasteiger partial charge in [-0.05, 0) is 39.3 Å². The Morgan fingerprint density at radius 3 is 2.62 bits per heavy atom. The highest BCUT2D eigenvalue weighted by Gasteiger charge is 2.33. The van der Waals surface area contributed by atoms with Gasteiger partial charge < -0.3 is 14.2 Å². The van der Waals surface area contributed by atoms with Crippen molar-refractivity contribution in [3.05, 3.63) is 30.1 Å². The number of hydrogen-bond acceptors (Lipinski definition) is 4.